The van der Waals surface area contributed by atoms with Crippen LogP contribution in [-0.2, 0) is 25.6 Å². The summed E-state index contributed by atoms with van der Waals surface area (Å²) in [6.45, 7) is 0. The molecular formula is C26H21NO9. The van der Waals surface area contributed by atoms with E-state index in [2.05, 4.69) is 0 Å². The molecule has 3 aliphatic carbocycles. The average molecular weight is 491 g/mol. The highest BCUT2D eigenvalue weighted by molar-refractivity contribution is 6.31. The Morgan fingerprint density at radius 3 is 2.44 bits per heavy atom. The van der Waals surface area contributed by atoms with Crippen LogP contribution in [0.1, 0.15) is 32.7 Å². The number of benzene rings is 2. The number of nitrogens with two attached hydrogens (primary N) is 1. The van der Waals surface area contributed by atoms with Gasteiger partial charge in [0.15, 0.2) is 34.7 Å². The lowest BCUT2D eigenvalue weighted by Crippen LogP contribution is -2.72. The Balaban J connectivity index is 1.66. The van der Waals surface area contributed by atoms with Crippen molar-refractivity contribution in [3.63, 3.8) is 0 Å². The Labute approximate surface area is 203 Å². The van der Waals surface area contributed by atoms with E-state index in [4.69, 9.17) is 5.73 Å². The Bertz CT molecular complexity index is 1400. The normalized spacial score (nSPS) is 31.3. The Morgan fingerprint density at radius 1 is 1.06 bits per heavy atom. The number of hydrogen-bond acceptors (Lipinski definition) is 9. The number of hydrogen-bond donors (Lipinski definition) is 4. The average Bonchev–Trinajstić information content (AvgIpc) is 2.84. The third-order valence-corrected chi connectivity index (χ3v) is 7.73. The maximum atomic E-state index is 13.6. The van der Waals surface area contributed by atoms with Crippen molar-refractivity contribution < 1.29 is 44.1 Å². The molecule has 5 rings (SSSR count). The molecular weight excluding hydrogens is 470 g/mol. The highest BCUT2D eigenvalue weighted by atomic mass is 16.3. The molecule has 6 atom stereocenters. The Kier molecular flexibility index (Phi) is 5.27. The van der Waals surface area contributed by atoms with Gasteiger partial charge in [-0.25, -0.2) is 0 Å². The summed E-state index contributed by atoms with van der Waals surface area (Å²) < 4.78 is 0. The number of carbonyl (C=O) groups excluding carboxylic acids is 6. The lowest BCUT2D eigenvalue weighted by atomic mass is 9.52. The van der Waals surface area contributed by atoms with Crippen LogP contribution in [0.4, 0.5) is 0 Å². The molecule has 184 valence electrons. The molecule has 0 heterocycles. The fourth-order valence-corrected chi connectivity index (χ4v) is 6.03. The van der Waals surface area contributed by atoms with E-state index in [0.29, 0.717) is 28.5 Å². The molecule has 0 aromatic heterocycles. The van der Waals surface area contributed by atoms with Gasteiger partial charge in [0.25, 0.3) is 0 Å². The van der Waals surface area contributed by atoms with Gasteiger partial charge in [0.05, 0.1) is 17.6 Å². The minimum atomic E-state index is -2.95. The second-order valence-corrected chi connectivity index (χ2v) is 9.54. The van der Waals surface area contributed by atoms with Crippen LogP contribution >= 0.6 is 0 Å². The molecule has 0 saturated heterocycles. The molecule has 2 fully saturated rings. The zero-order valence-electron chi connectivity index (χ0n) is 18.7. The third kappa shape index (κ3) is 3.04. The highest BCUT2D eigenvalue weighted by Crippen LogP contribution is 2.51. The van der Waals surface area contributed by atoms with Gasteiger partial charge in [-0.3, -0.25) is 28.8 Å². The van der Waals surface area contributed by atoms with Crippen molar-refractivity contribution in [3.8, 4) is 16.9 Å². The molecule has 3 aliphatic rings. The van der Waals surface area contributed by atoms with Crippen molar-refractivity contribution in [3.05, 3.63) is 53.1 Å². The molecule has 0 radical (unpaired) electrons. The van der Waals surface area contributed by atoms with Gasteiger partial charge >= 0.3 is 0 Å². The lowest BCUT2D eigenvalue weighted by Gasteiger charge is -2.51. The summed E-state index contributed by atoms with van der Waals surface area (Å²) in [6.07, 6.45) is -1.73. The van der Waals surface area contributed by atoms with E-state index in [0.717, 1.165) is 0 Å². The summed E-state index contributed by atoms with van der Waals surface area (Å²) in [5, 5.41) is 33.0. The van der Waals surface area contributed by atoms with Crippen molar-refractivity contribution >= 4 is 35.3 Å². The number of aldehydes is 1. The molecule has 10 heteroatoms. The van der Waals surface area contributed by atoms with Crippen LogP contribution in [0.5, 0.6) is 5.75 Å². The van der Waals surface area contributed by atoms with Crippen molar-refractivity contribution in [1.29, 1.82) is 0 Å². The molecule has 36 heavy (non-hydrogen) atoms. The molecule has 2 aromatic carbocycles. The van der Waals surface area contributed by atoms with E-state index in [-0.39, 0.29) is 12.0 Å². The zero-order chi connectivity index (χ0) is 26.1. The van der Waals surface area contributed by atoms with E-state index < -0.39 is 76.6 Å². The first kappa shape index (κ1) is 23.7. The van der Waals surface area contributed by atoms with Crippen LogP contribution in [0.2, 0.25) is 0 Å². The fraction of sp³-hybridized carbons (Fsp3) is 0.308. The largest absolute Gasteiger partial charge is 0.507 e. The van der Waals surface area contributed by atoms with Gasteiger partial charge in [-0.15, -0.1) is 0 Å². The topological polar surface area (TPSA) is 189 Å². The number of amides is 1. The van der Waals surface area contributed by atoms with Crippen LogP contribution in [0.15, 0.2) is 36.4 Å². The number of rotatable bonds is 3. The van der Waals surface area contributed by atoms with Crippen LogP contribution in [0.3, 0.4) is 0 Å². The molecule has 2 aromatic rings. The minimum absolute atomic E-state index is 0.0953. The minimum Gasteiger partial charge on any atom is -0.507 e. The number of aromatic hydroxyl groups is 1. The number of aliphatic hydroxyl groups is 2. The summed E-state index contributed by atoms with van der Waals surface area (Å²) in [6, 6.07) is 9.31. The zero-order valence-corrected chi connectivity index (χ0v) is 18.7. The van der Waals surface area contributed by atoms with Crippen LogP contribution < -0.4 is 5.73 Å². The Hall–Kier alpha value is -4.02. The second kappa shape index (κ2) is 8.00. The van der Waals surface area contributed by atoms with Crippen molar-refractivity contribution in [2.75, 3.05) is 0 Å². The van der Waals surface area contributed by atoms with E-state index in [1.54, 1.807) is 30.3 Å². The predicted octanol–water partition coefficient (Wildman–Crippen LogP) is -0.223. The monoisotopic (exact) mass is 491 g/mol. The van der Waals surface area contributed by atoms with E-state index >= 15 is 0 Å². The summed E-state index contributed by atoms with van der Waals surface area (Å²) in [4.78, 5) is 75.6. The smallest absolute Gasteiger partial charge is 0.235 e. The maximum Gasteiger partial charge on any atom is 0.235 e. The molecule has 1 amide bonds. The molecule has 2 saturated carbocycles. The van der Waals surface area contributed by atoms with E-state index in [1.165, 1.54) is 6.07 Å². The van der Waals surface area contributed by atoms with E-state index in [1.807, 2.05) is 0 Å². The van der Waals surface area contributed by atoms with Gasteiger partial charge in [0.2, 0.25) is 5.91 Å². The van der Waals surface area contributed by atoms with Gasteiger partial charge in [-0.05, 0) is 35.2 Å². The van der Waals surface area contributed by atoms with E-state index in [9.17, 15) is 44.1 Å². The summed E-state index contributed by atoms with van der Waals surface area (Å²) in [5.74, 6) is -12.7. The first-order valence-corrected chi connectivity index (χ1v) is 11.3. The molecule has 0 spiro atoms. The van der Waals surface area contributed by atoms with Gasteiger partial charge in [-0.1, -0.05) is 24.3 Å². The first-order chi connectivity index (χ1) is 17.0. The quantitative estimate of drug-likeness (QED) is 0.332. The second-order valence-electron chi connectivity index (χ2n) is 9.54. The number of Topliss-reactive ketones (excluding diaryl/α,β-unsaturated/α-hetero) is 4. The SMILES string of the molecule is NC(=O)C1C(=O)C[C@@H]2[C@@H](O)[C@@H]3Cc4c(-c5cccc(C=O)c5)ccc(O)c4C(=O)C3C(=O)[C@]2(O)C1=O. The first-order valence-electron chi connectivity index (χ1n) is 11.3. The number of phenolic OH excluding ortho intramolecular Hbond substituents is 1. The molecule has 10 nitrogen and oxygen atoms in total. The Morgan fingerprint density at radius 2 is 1.78 bits per heavy atom. The van der Waals surface area contributed by atoms with Crippen molar-refractivity contribution in [1.82, 2.24) is 0 Å². The summed E-state index contributed by atoms with van der Waals surface area (Å²) in [5.41, 5.74) is 3.75. The highest BCUT2D eigenvalue weighted by Gasteiger charge is 2.69. The van der Waals surface area contributed by atoms with Crippen LogP contribution in [0, 0.1) is 23.7 Å². The molecule has 5 N–H and O–H groups in total. The van der Waals surface area contributed by atoms with Crippen LogP contribution in [-0.4, -0.2) is 62.4 Å². The van der Waals surface area contributed by atoms with Gasteiger partial charge in [0, 0.05) is 23.8 Å². The van der Waals surface area contributed by atoms with Gasteiger partial charge in [-0.2, -0.15) is 0 Å². The van der Waals surface area contributed by atoms with Crippen molar-refractivity contribution in [2.45, 2.75) is 24.5 Å². The number of carbonyl (C=O) groups is 6. The molecule has 2 unspecified atom stereocenters. The molecule has 0 bridgehead atoms. The summed E-state index contributed by atoms with van der Waals surface area (Å²) >= 11 is 0. The van der Waals surface area contributed by atoms with Crippen molar-refractivity contribution in [2.24, 2.45) is 29.4 Å². The summed E-state index contributed by atoms with van der Waals surface area (Å²) in [7, 11) is 0. The number of aliphatic hydroxyl groups excluding tert-OH is 1. The lowest BCUT2D eigenvalue weighted by molar-refractivity contribution is -0.188. The molecule has 0 aliphatic heterocycles. The van der Waals surface area contributed by atoms with Crippen LogP contribution in [0.25, 0.3) is 11.1 Å². The number of fused-ring (bicyclic) bond motifs is 3. The van der Waals surface area contributed by atoms with Gasteiger partial charge in [0.1, 0.15) is 12.0 Å². The fourth-order valence-electron chi connectivity index (χ4n) is 6.03. The maximum absolute atomic E-state index is 13.6. The number of phenols is 1. The number of ketones is 4. The predicted molar refractivity (Wildman–Crippen MR) is 121 cm³/mol. The van der Waals surface area contributed by atoms with Gasteiger partial charge < -0.3 is 21.1 Å². The number of primary amides is 1. The standard InChI is InChI=1S/C26H21NO9/c27-25(35)20-17(30)8-15-21(31)14-7-13-12(11-3-1-2-10(6-11)9-28)4-5-16(29)18(13)22(32)19(14)23(33)26(15,36)24(20)34/h1-6,9,14-15,19-21,29,31,36H,7-8H2,(H2,27,35)/t14-,15-,19?,20?,21+,26+/m1/s1. The third-order valence-electron chi connectivity index (χ3n) is 7.73.